The largest absolute Gasteiger partial charge is 0.361 e. The molecule has 3 rings (SSSR count). The second-order valence-corrected chi connectivity index (χ2v) is 6.50. The summed E-state index contributed by atoms with van der Waals surface area (Å²) < 4.78 is 10.4. The zero-order chi connectivity index (χ0) is 17.3. The van der Waals surface area contributed by atoms with Gasteiger partial charge in [0.1, 0.15) is 5.76 Å². The molecule has 0 aliphatic carbocycles. The first kappa shape index (κ1) is 16.7. The maximum atomic E-state index is 12.9. The SMILES string of the molecule is CCc1nc([C@@H]2CCCN2C(=O)[C@H](C)Cc2c(C)noc2C)no1. The standard InChI is InChI=1S/C17H24N4O3/c1-5-15-18-16(20-24-15)14-7-6-8-21(14)17(22)10(2)9-13-11(3)19-23-12(13)4/h10,14H,5-9H2,1-4H3/t10-,14+/m1/s1. The molecule has 7 nitrogen and oxygen atoms in total. The smallest absolute Gasteiger partial charge is 0.226 e. The second kappa shape index (κ2) is 6.75. The molecule has 0 N–H and O–H groups in total. The monoisotopic (exact) mass is 332 g/mol. The van der Waals surface area contributed by atoms with Crippen molar-refractivity contribution in [1.29, 1.82) is 0 Å². The zero-order valence-electron chi connectivity index (χ0n) is 14.7. The average Bonchev–Trinajstić information content (AvgIpc) is 3.29. The van der Waals surface area contributed by atoms with Gasteiger partial charge in [0.05, 0.1) is 11.7 Å². The summed E-state index contributed by atoms with van der Waals surface area (Å²) in [4.78, 5) is 19.2. The lowest BCUT2D eigenvalue weighted by Crippen LogP contribution is -2.36. The first-order valence-electron chi connectivity index (χ1n) is 8.56. The maximum Gasteiger partial charge on any atom is 0.226 e. The first-order chi connectivity index (χ1) is 11.5. The zero-order valence-corrected chi connectivity index (χ0v) is 14.7. The van der Waals surface area contributed by atoms with Crippen LogP contribution in [0.2, 0.25) is 0 Å². The topological polar surface area (TPSA) is 85.3 Å². The molecular formula is C17H24N4O3. The number of carbonyl (C=O) groups is 1. The van der Waals surface area contributed by atoms with E-state index in [0.717, 1.165) is 36.4 Å². The van der Waals surface area contributed by atoms with E-state index in [0.29, 0.717) is 24.6 Å². The fourth-order valence-electron chi connectivity index (χ4n) is 3.32. The van der Waals surface area contributed by atoms with Gasteiger partial charge < -0.3 is 13.9 Å². The van der Waals surface area contributed by atoms with Crippen LogP contribution in [0.4, 0.5) is 0 Å². The van der Waals surface area contributed by atoms with Crippen LogP contribution in [0.25, 0.3) is 0 Å². The third kappa shape index (κ3) is 3.07. The van der Waals surface area contributed by atoms with Crippen molar-refractivity contribution in [3.8, 4) is 0 Å². The Morgan fingerprint density at radius 1 is 1.33 bits per heavy atom. The predicted octanol–water partition coefficient (Wildman–Crippen LogP) is 2.78. The lowest BCUT2D eigenvalue weighted by Gasteiger charge is -2.25. The molecule has 130 valence electrons. The number of hydrogen-bond donors (Lipinski definition) is 0. The molecule has 1 amide bonds. The Morgan fingerprint density at radius 3 is 2.75 bits per heavy atom. The minimum Gasteiger partial charge on any atom is -0.361 e. The van der Waals surface area contributed by atoms with Crippen LogP contribution < -0.4 is 0 Å². The number of carbonyl (C=O) groups excluding carboxylic acids is 1. The Kier molecular flexibility index (Phi) is 4.69. The van der Waals surface area contributed by atoms with Crippen molar-refractivity contribution >= 4 is 5.91 Å². The van der Waals surface area contributed by atoms with E-state index in [1.54, 1.807) is 0 Å². The Balaban J connectivity index is 1.73. The normalized spacial score (nSPS) is 19.0. The first-order valence-corrected chi connectivity index (χ1v) is 8.56. The Hall–Kier alpha value is -2.18. The fraction of sp³-hybridized carbons (Fsp3) is 0.647. The predicted molar refractivity (Wildman–Crippen MR) is 86.2 cm³/mol. The summed E-state index contributed by atoms with van der Waals surface area (Å²) in [7, 11) is 0. The summed E-state index contributed by atoms with van der Waals surface area (Å²) in [6.07, 6.45) is 3.18. The number of hydrogen-bond acceptors (Lipinski definition) is 6. The van der Waals surface area contributed by atoms with Gasteiger partial charge in [0.15, 0.2) is 5.82 Å². The van der Waals surface area contributed by atoms with Crippen molar-refractivity contribution in [2.75, 3.05) is 6.54 Å². The van der Waals surface area contributed by atoms with Crippen LogP contribution >= 0.6 is 0 Å². The van der Waals surface area contributed by atoms with Gasteiger partial charge in [-0.3, -0.25) is 4.79 Å². The number of rotatable bonds is 5. The van der Waals surface area contributed by atoms with E-state index in [9.17, 15) is 4.79 Å². The molecule has 0 unspecified atom stereocenters. The molecule has 1 aliphatic rings. The fourth-order valence-corrected chi connectivity index (χ4v) is 3.32. The van der Waals surface area contributed by atoms with Crippen molar-refractivity contribution in [1.82, 2.24) is 20.2 Å². The molecule has 0 spiro atoms. The summed E-state index contributed by atoms with van der Waals surface area (Å²) in [5, 5.41) is 8.03. The molecule has 1 aliphatic heterocycles. The molecule has 3 heterocycles. The van der Waals surface area contributed by atoms with Gasteiger partial charge in [-0.05, 0) is 33.1 Å². The molecule has 2 aromatic rings. The molecule has 0 bridgehead atoms. The summed E-state index contributed by atoms with van der Waals surface area (Å²) >= 11 is 0. The van der Waals surface area contributed by atoms with Gasteiger partial charge >= 0.3 is 0 Å². The van der Waals surface area contributed by atoms with Gasteiger partial charge in [-0.2, -0.15) is 4.98 Å². The van der Waals surface area contributed by atoms with E-state index in [2.05, 4.69) is 15.3 Å². The molecule has 0 aromatic carbocycles. The lowest BCUT2D eigenvalue weighted by atomic mass is 9.98. The van der Waals surface area contributed by atoms with Gasteiger partial charge in [-0.1, -0.05) is 24.2 Å². The number of likely N-dealkylation sites (tertiary alicyclic amines) is 1. The van der Waals surface area contributed by atoms with Crippen LogP contribution in [-0.4, -0.2) is 32.6 Å². The van der Waals surface area contributed by atoms with Gasteiger partial charge in [0, 0.05) is 24.4 Å². The van der Waals surface area contributed by atoms with Crippen LogP contribution in [0.5, 0.6) is 0 Å². The number of amides is 1. The molecule has 1 saturated heterocycles. The minimum atomic E-state index is -0.139. The molecule has 2 atom stereocenters. The van der Waals surface area contributed by atoms with E-state index >= 15 is 0 Å². The van der Waals surface area contributed by atoms with E-state index < -0.39 is 0 Å². The van der Waals surface area contributed by atoms with Gasteiger partial charge in [-0.25, -0.2) is 0 Å². The van der Waals surface area contributed by atoms with Crippen LogP contribution in [0.15, 0.2) is 9.05 Å². The third-order valence-corrected chi connectivity index (χ3v) is 4.73. The van der Waals surface area contributed by atoms with E-state index in [1.165, 1.54) is 0 Å². The highest BCUT2D eigenvalue weighted by molar-refractivity contribution is 5.79. The molecular weight excluding hydrogens is 308 g/mol. The molecule has 2 aromatic heterocycles. The quantitative estimate of drug-likeness (QED) is 0.837. The lowest BCUT2D eigenvalue weighted by molar-refractivity contribution is -0.136. The molecule has 7 heteroatoms. The van der Waals surface area contributed by atoms with E-state index in [1.807, 2.05) is 32.6 Å². The number of aromatic nitrogens is 3. The second-order valence-electron chi connectivity index (χ2n) is 6.50. The van der Waals surface area contributed by atoms with Crippen LogP contribution in [0, 0.1) is 19.8 Å². The van der Waals surface area contributed by atoms with Crippen molar-refractivity contribution in [2.24, 2.45) is 5.92 Å². The van der Waals surface area contributed by atoms with Crippen molar-refractivity contribution < 1.29 is 13.8 Å². The Bertz CT molecular complexity index is 702. The number of aryl methyl sites for hydroxylation is 3. The van der Waals surface area contributed by atoms with Crippen molar-refractivity contribution in [2.45, 2.75) is 59.4 Å². The van der Waals surface area contributed by atoms with Gasteiger partial charge in [0.2, 0.25) is 11.8 Å². The Labute approximate surface area is 141 Å². The van der Waals surface area contributed by atoms with Crippen molar-refractivity contribution in [3.63, 3.8) is 0 Å². The van der Waals surface area contributed by atoms with E-state index in [4.69, 9.17) is 9.05 Å². The van der Waals surface area contributed by atoms with Crippen LogP contribution in [0.3, 0.4) is 0 Å². The molecule has 1 fully saturated rings. The number of nitrogens with zero attached hydrogens (tertiary/aromatic N) is 4. The summed E-state index contributed by atoms with van der Waals surface area (Å²) in [5.41, 5.74) is 1.88. The minimum absolute atomic E-state index is 0.0753. The van der Waals surface area contributed by atoms with Crippen LogP contribution in [0.1, 0.15) is 61.5 Å². The average molecular weight is 332 g/mol. The highest BCUT2D eigenvalue weighted by atomic mass is 16.5. The van der Waals surface area contributed by atoms with Gasteiger partial charge in [-0.15, -0.1) is 0 Å². The Morgan fingerprint density at radius 2 is 2.12 bits per heavy atom. The van der Waals surface area contributed by atoms with E-state index in [-0.39, 0.29) is 17.9 Å². The highest BCUT2D eigenvalue weighted by Crippen LogP contribution is 2.32. The summed E-state index contributed by atoms with van der Waals surface area (Å²) in [6, 6.07) is -0.0753. The molecule has 0 radical (unpaired) electrons. The van der Waals surface area contributed by atoms with Crippen LogP contribution in [-0.2, 0) is 17.6 Å². The third-order valence-electron chi connectivity index (χ3n) is 4.73. The summed E-state index contributed by atoms with van der Waals surface area (Å²) in [6.45, 7) is 8.47. The van der Waals surface area contributed by atoms with Crippen molar-refractivity contribution in [3.05, 3.63) is 28.7 Å². The van der Waals surface area contributed by atoms with Gasteiger partial charge in [0.25, 0.3) is 0 Å². The summed E-state index contributed by atoms with van der Waals surface area (Å²) in [5.74, 6) is 2.02. The maximum absolute atomic E-state index is 12.9. The molecule has 0 saturated carbocycles. The molecule has 24 heavy (non-hydrogen) atoms. The highest BCUT2D eigenvalue weighted by Gasteiger charge is 2.35.